The second kappa shape index (κ2) is 6.37. The molecule has 1 aromatic carbocycles. The topological polar surface area (TPSA) is 40.6 Å². The molecule has 2 saturated heterocycles. The number of nitrogens with zero attached hydrogens (tertiary/aromatic N) is 2. The summed E-state index contributed by atoms with van der Waals surface area (Å²) in [7, 11) is 2.78. The number of amides is 2. The van der Waals surface area contributed by atoms with Gasteiger partial charge in [-0.3, -0.25) is 9.59 Å². The van der Waals surface area contributed by atoms with Crippen LogP contribution in [0.1, 0.15) is 40.5 Å². The molecule has 0 bridgehead atoms. The van der Waals surface area contributed by atoms with Crippen LogP contribution in [0.4, 0.5) is 0 Å². The number of benzene rings is 1. The van der Waals surface area contributed by atoms with Gasteiger partial charge in [-0.15, -0.1) is 9.24 Å². The minimum Gasteiger partial charge on any atom is -0.338 e. The van der Waals surface area contributed by atoms with E-state index in [0.717, 1.165) is 39.0 Å². The van der Waals surface area contributed by atoms with Gasteiger partial charge in [0, 0.05) is 37.3 Å². The van der Waals surface area contributed by atoms with Crippen LogP contribution in [0.3, 0.4) is 0 Å². The van der Waals surface area contributed by atoms with Crippen LogP contribution in [0.5, 0.6) is 0 Å². The minimum atomic E-state index is 0.0683. The zero-order valence-electron chi connectivity index (χ0n) is 13.0. The Bertz CT molecular complexity index is 522. The number of hydrogen-bond acceptors (Lipinski definition) is 2. The van der Waals surface area contributed by atoms with Crippen LogP contribution < -0.4 is 0 Å². The molecule has 4 nitrogen and oxygen atoms in total. The smallest absolute Gasteiger partial charge is 0.253 e. The quantitative estimate of drug-likeness (QED) is 0.785. The molecule has 22 heavy (non-hydrogen) atoms. The fourth-order valence-electron chi connectivity index (χ4n) is 3.21. The van der Waals surface area contributed by atoms with Gasteiger partial charge in [-0.25, -0.2) is 0 Å². The number of carbonyl (C=O) groups is 2. The largest absolute Gasteiger partial charge is 0.338 e. The van der Waals surface area contributed by atoms with E-state index in [1.807, 2.05) is 9.80 Å². The summed E-state index contributed by atoms with van der Waals surface area (Å²) in [5.74, 6) is 0.730. The van der Waals surface area contributed by atoms with Gasteiger partial charge in [0.1, 0.15) is 0 Å². The Hall–Kier alpha value is -1.41. The molecular weight excluding hydrogens is 295 g/mol. The van der Waals surface area contributed by atoms with E-state index in [0.29, 0.717) is 22.7 Å². The second-order valence-corrected chi connectivity index (χ2v) is 7.47. The normalized spacial score (nSPS) is 24.8. The molecule has 3 unspecified atom stereocenters. The molecule has 0 aromatic heterocycles. The third kappa shape index (κ3) is 3.17. The molecule has 3 atom stereocenters. The number of carbonyl (C=O) groups excluding carboxylic acids is 2. The Morgan fingerprint density at radius 2 is 1.45 bits per heavy atom. The first kappa shape index (κ1) is 15.5. The fourth-order valence-corrected chi connectivity index (χ4v) is 3.62. The predicted octanol–water partition coefficient (Wildman–Crippen LogP) is 2.26. The molecule has 0 aliphatic carbocycles. The van der Waals surface area contributed by atoms with Crippen LogP contribution in [0, 0.1) is 5.92 Å². The van der Waals surface area contributed by atoms with Crippen molar-refractivity contribution in [3.8, 4) is 0 Å². The lowest BCUT2D eigenvalue weighted by molar-refractivity contribution is 0.0778. The van der Waals surface area contributed by atoms with E-state index in [1.54, 1.807) is 24.3 Å². The van der Waals surface area contributed by atoms with E-state index >= 15 is 0 Å². The Morgan fingerprint density at radius 3 is 1.86 bits per heavy atom. The third-order valence-corrected chi connectivity index (χ3v) is 5.15. The van der Waals surface area contributed by atoms with Crippen LogP contribution in [0.2, 0.25) is 0 Å². The Morgan fingerprint density at radius 1 is 0.955 bits per heavy atom. The summed E-state index contributed by atoms with van der Waals surface area (Å²) >= 11 is 0. The average Bonchev–Trinajstić information content (AvgIpc) is 3.14. The highest BCUT2D eigenvalue weighted by molar-refractivity contribution is 7.17. The van der Waals surface area contributed by atoms with Gasteiger partial charge in [-0.05, 0) is 48.7 Å². The summed E-state index contributed by atoms with van der Waals surface area (Å²) in [6.45, 7) is 5.46. The summed E-state index contributed by atoms with van der Waals surface area (Å²) < 4.78 is 0. The summed E-state index contributed by atoms with van der Waals surface area (Å²) in [5.41, 5.74) is 1.85. The maximum atomic E-state index is 12.4. The van der Waals surface area contributed by atoms with Crippen molar-refractivity contribution < 1.29 is 9.59 Å². The molecule has 0 radical (unpaired) electrons. The van der Waals surface area contributed by atoms with Gasteiger partial charge in [0.15, 0.2) is 0 Å². The molecule has 2 heterocycles. The first-order valence-corrected chi connectivity index (χ1v) is 8.65. The number of likely N-dealkylation sites (tertiary alicyclic amines) is 2. The monoisotopic (exact) mass is 318 g/mol. The lowest BCUT2D eigenvalue weighted by atomic mass is 10.1. The van der Waals surface area contributed by atoms with Crippen LogP contribution in [-0.2, 0) is 0 Å². The highest BCUT2D eigenvalue weighted by Crippen LogP contribution is 2.21. The SMILES string of the molecule is CC1CCN(C(=O)c2ccc(C(=O)N3CCC(P)C3)cc2)C1. The van der Waals surface area contributed by atoms with Gasteiger partial charge in [0.25, 0.3) is 11.8 Å². The van der Waals surface area contributed by atoms with E-state index in [4.69, 9.17) is 0 Å². The molecule has 118 valence electrons. The maximum absolute atomic E-state index is 12.4. The zero-order chi connectivity index (χ0) is 15.7. The summed E-state index contributed by atoms with van der Waals surface area (Å²) in [6, 6.07) is 7.13. The molecule has 0 spiro atoms. The van der Waals surface area contributed by atoms with E-state index in [2.05, 4.69) is 16.2 Å². The van der Waals surface area contributed by atoms with Gasteiger partial charge in [-0.1, -0.05) is 6.92 Å². The van der Waals surface area contributed by atoms with Crippen molar-refractivity contribution in [2.24, 2.45) is 5.92 Å². The first-order chi connectivity index (χ1) is 10.5. The standard InChI is InChI=1S/C17H23N2O2P/c1-12-6-8-18(10-12)16(20)13-2-4-14(5-3-13)17(21)19-9-7-15(22)11-19/h2-5,12,15H,6-11,22H2,1H3. The molecule has 0 N–H and O–H groups in total. The van der Waals surface area contributed by atoms with Crippen LogP contribution in [0.25, 0.3) is 0 Å². The van der Waals surface area contributed by atoms with Crippen molar-refractivity contribution >= 4 is 21.1 Å². The van der Waals surface area contributed by atoms with Gasteiger partial charge < -0.3 is 9.80 Å². The van der Waals surface area contributed by atoms with Crippen LogP contribution in [0.15, 0.2) is 24.3 Å². The highest BCUT2D eigenvalue weighted by Gasteiger charge is 2.26. The Labute approximate surface area is 134 Å². The Balaban J connectivity index is 1.67. The zero-order valence-corrected chi connectivity index (χ0v) is 14.1. The Kier molecular flexibility index (Phi) is 4.49. The molecule has 5 heteroatoms. The fraction of sp³-hybridized carbons (Fsp3) is 0.529. The van der Waals surface area contributed by atoms with Crippen molar-refractivity contribution in [1.82, 2.24) is 9.80 Å². The van der Waals surface area contributed by atoms with Crippen molar-refractivity contribution in [3.63, 3.8) is 0 Å². The minimum absolute atomic E-state index is 0.0683. The van der Waals surface area contributed by atoms with E-state index in [1.165, 1.54) is 0 Å². The molecule has 1 aromatic rings. The van der Waals surface area contributed by atoms with Gasteiger partial charge in [0.2, 0.25) is 0 Å². The number of rotatable bonds is 2. The molecule has 2 amide bonds. The van der Waals surface area contributed by atoms with E-state index < -0.39 is 0 Å². The molecule has 0 saturated carbocycles. The van der Waals surface area contributed by atoms with Crippen LogP contribution >= 0.6 is 9.24 Å². The van der Waals surface area contributed by atoms with Crippen LogP contribution in [-0.4, -0.2) is 53.5 Å². The van der Waals surface area contributed by atoms with Gasteiger partial charge >= 0.3 is 0 Å². The summed E-state index contributed by atoms with van der Waals surface area (Å²) in [6.07, 6.45) is 2.12. The van der Waals surface area contributed by atoms with Gasteiger partial charge in [-0.2, -0.15) is 0 Å². The lowest BCUT2D eigenvalue weighted by Gasteiger charge is -2.17. The maximum Gasteiger partial charge on any atom is 0.253 e. The molecule has 2 aliphatic rings. The summed E-state index contributed by atoms with van der Waals surface area (Å²) in [5, 5.41) is 0. The average molecular weight is 318 g/mol. The van der Waals surface area contributed by atoms with Crippen molar-refractivity contribution in [1.29, 1.82) is 0 Å². The van der Waals surface area contributed by atoms with Gasteiger partial charge in [0.05, 0.1) is 0 Å². The third-order valence-electron chi connectivity index (χ3n) is 4.60. The van der Waals surface area contributed by atoms with Crippen molar-refractivity contribution in [3.05, 3.63) is 35.4 Å². The van der Waals surface area contributed by atoms with E-state index in [-0.39, 0.29) is 11.8 Å². The number of hydrogen-bond donors (Lipinski definition) is 0. The van der Waals surface area contributed by atoms with E-state index in [9.17, 15) is 9.59 Å². The highest BCUT2D eigenvalue weighted by atomic mass is 31.0. The first-order valence-electron chi connectivity index (χ1n) is 7.99. The van der Waals surface area contributed by atoms with Crippen molar-refractivity contribution in [2.75, 3.05) is 26.2 Å². The van der Waals surface area contributed by atoms with Crippen molar-refractivity contribution in [2.45, 2.75) is 25.4 Å². The second-order valence-electron chi connectivity index (χ2n) is 6.52. The lowest BCUT2D eigenvalue weighted by Crippen LogP contribution is -2.29. The summed E-state index contributed by atoms with van der Waals surface area (Å²) in [4.78, 5) is 28.6. The molecule has 2 aliphatic heterocycles. The molecule has 2 fully saturated rings. The molecular formula is C17H23N2O2P. The predicted molar refractivity (Wildman–Crippen MR) is 90.1 cm³/mol. The molecule has 3 rings (SSSR count).